The topological polar surface area (TPSA) is 113 Å². The molecule has 1 saturated heterocycles. The van der Waals surface area contributed by atoms with Crippen LogP contribution in [0.25, 0.3) is 22.3 Å². The van der Waals surface area contributed by atoms with Crippen LogP contribution in [0.4, 0.5) is 11.4 Å². The van der Waals surface area contributed by atoms with Gasteiger partial charge in [-0.2, -0.15) is 0 Å². The van der Waals surface area contributed by atoms with Gasteiger partial charge in [-0.3, -0.25) is 10.1 Å². The van der Waals surface area contributed by atoms with Crippen molar-refractivity contribution in [3.8, 4) is 17.3 Å². The second kappa shape index (κ2) is 12.0. The van der Waals surface area contributed by atoms with Crippen LogP contribution >= 0.6 is 0 Å². The van der Waals surface area contributed by atoms with Gasteiger partial charge in [0.1, 0.15) is 5.82 Å². The van der Waals surface area contributed by atoms with Gasteiger partial charge in [-0.15, -0.1) is 0 Å². The predicted molar refractivity (Wildman–Crippen MR) is 166 cm³/mol. The third-order valence-corrected chi connectivity index (χ3v) is 8.01. The fourth-order valence-electron chi connectivity index (χ4n) is 5.76. The number of piperidine rings is 1. The second-order valence-corrected chi connectivity index (χ2v) is 10.9. The summed E-state index contributed by atoms with van der Waals surface area (Å²) in [6.07, 6.45) is 9.69. The fraction of sp³-hybridized carbons (Fsp3) is 0.273. The second-order valence-electron chi connectivity index (χ2n) is 10.9. The van der Waals surface area contributed by atoms with Crippen molar-refractivity contribution in [1.82, 2.24) is 19.4 Å². The zero-order chi connectivity index (χ0) is 29.1. The summed E-state index contributed by atoms with van der Waals surface area (Å²) in [4.78, 5) is 26.1. The van der Waals surface area contributed by atoms with E-state index in [0.29, 0.717) is 27.9 Å². The number of non-ortho nitro benzene ring substituents is 1. The minimum atomic E-state index is -0.431. The van der Waals surface area contributed by atoms with Gasteiger partial charge in [0.15, 0.2) is 5.88 Å². The normalized spacial score (nSPS) is 14.5. The zero-order valence-electron chi connectivity index (χ0n) is 23.7. The Labute approximate surface area is 244 Å². The highest BCUT2D eigenvalue weighted by Crippen LogP contribution is 2.34. The summed E-state index contributed by atoms with van der Waals surface area (Å²) in [5.74, 6) is 0.766. The molecule has 0 spiro atoms. The molecule has 0 radical (unpaired) electrons. The number of fused-ring (bicyclic) bond motifs is 1. The SMILES string of the molecule is Cn1ccnc1-c1ccc(N=C(c2ccc(CCCN3CCCCC3)cc2)c2c(O)[nH]c3ccc([N+](=O)[O-])cc23)cc1. The van der Waals surface area contributed by atoms with E-state index in [2.05, 4.69) is 27.0 Å². The molecule has 0 unspecified atom stereocenters. The largest absolute Gasteiger partial charge is 0.494 e. The Morgan fingerprint density at radius 1 is 1.05 bits per heavy atom. The minimum Gasteiger partial charge on any atom is -0.494 e. The molecule has 9 heteroatoms. The van der Waals surface area contributed by atoms with Gasteiger partial charge in [0.2, 0.25) is 0 Å². The lowest BCUT2D eigenvalue weighted by Crippen LogP contribution is -2.30. The molecule has 2 aromatic heterocycles. The number of nitrogens with zero attached hydrogens (tertiary/aromatic N) is 5. The first-order chi connectivity index (χ1) is 20.5. The molecule has 0 atom stereocenters. The van der Waals surface area contributed by atoms with E-state index >= 15 is 0 Å². The van der Waals surface area contributed by atoms with E-state index in [1.807, 2.05) is 54.2 Å². The van der Waals surface area contributed by atoms with E-state index in [0.717, 1.165) is 36.3 Å². The summed E-state index contributed by atoms with van der Waals surface area (Å²) in [6, 6.07) is 20.5. The molecule has 5 aromatic rings. The Kier molecular flexibility index (Phi) is 7.83. The smallest absolute Gasteiger partial charge is 0.270 e. The van der Waals surface area contributed by atoms with Crippen LogP contribution in [0.1, 0.15) is 42.4 Å². The monoisotopic (exact) mass is 562 g/mol. The Hall–Kier alpha value is -4.76. The van der Waals surface area contributed by atoms with E-state index in [1.54, 1.807) is 12.3 Å². The summed E-state index contributed by atoms with van der Waals surface area (Å²) < 4.78 is 1.95. The summed E-state index contributed by atoms with van der Waals surface area (Å²) in [7, 11) is 1.95. The van der Waals surface area contributed by atoms with Gasteiger partial charge in [-0.05, 0) is 81.2 Å². The van der Waals surface area contributed by atoms with Crippen LogP contribution in [-0.2, 0) is 13.5 Å². The molecule has 42 heavy (non-hydrogen) atoms. The van der Waals surface area contributed by atoms with Gasteiger partial charge in [0.05, 0.1) is 21.9 Å². The van der Waals surface area contributed by atoms with E-state index in [-0.39, 0.29) is 11.6 Å². The lowest BCUT2D eigenvalue weighted by Gasteiger charge is -2.26. The number of hydrogen-bond donors (Lipinski definition) is 2. The number of nitro benzene ring substituents is 1. The van der Waals surface area contributed by atoms with E-state index in [4.69, 9.17) is 4.99 Å². The average molecular weight is 563 g/mol. The van der Waals surface area contributed by atoms with Gasteiger partial charge in [0, 0.05) is 53.6 Å². The van der Waals surface area contributed by atoms with Gasteiger partial charge in [0.25, 0.3) is 5.69 Å². The van der Waals surface area contributed by atoms with Gasteiger partial charge >= 0.3 is 0 Å². The Morgan fingerprint density at radius 2 is 1.81 bits per heavy atom. The minimum absolute atomic E-state index is 0.0504. The number of aromatic amines is 1. The van der Waals surface area contributed by atoms with Crippen LogP contribution in [0, 0.1) is 10.1 Å². The van der Waals surface area contributed by atoms with Crippen molar-refractivity contribution in [3.63, 3.8) is 0 Å². The van der Waals surface area contributed by atoms with E-state index in [1.165, 1.54) is 50.0 Å². The number of nitro groups is 1. The number of aryl methyl sites for hydroxylation is 2. The van der Waals surface area contributed by atoms with Gasteiger partial charge in [-0.25, -0.2) is 9.98 Å². The lowest BCUT2D eigenvalue weighted by atomic mass is 9.98. The Morgan fingerprint density at radius 3 is 2.50 bits per heavy atom. The van der Waals surface area contributed by atoms with Crippen LogP contribution in [0.3, 0.4) is 0 Å². The standard InChI is InChI=1S/C33H34N6O3/c1-37-21-17-34-32(37)25-11-13-26(14-12-25)35-31(30-28-22-27(39(41)42)15-16-29(28)36-33(30)40)24-9-7-23(8-10-24)6-5-20-38-18-3-2-4-19-38/h7-17,21-22,36,40H,2-6,18-20H2,1H3. The molecule has 0 bridgehead atoms. The number of H-pyrrole nitrogens is 1. The van der Waals surface area contributed by atoms with Crippen molar-refractivity contribution in [1.29, 1.82) is 0 Å². The summed E-state index contributed by atoms with van der Waals surface area (Å²) in [6.45, 7) is 3.52. The van der Waals surface area contributed by atoms with Crippen molar-refractivity contribution >= 4 is 28.0 Å². The van der Waals surface area contributed by atoms with Crippen LogP contribution in [0.15, 0.2) is 84.1 Å². The first-order valence-electron chi connectivity index (χ1n) is 14.4. The molecule has 1 aliphatic rings. The molecule has 1 fully saturated rings. The number of nitrogens with one attached hydrogen (secondary N) is 1. The van der Waals surface area contributed by atoms with Crippen molar-refractivity contribution in [2.75, 3.05) is 19.6 Å². The molecule has 9 nitrogen and oxygen atoms in total. The zero-order valence-corrected chi connectivity index (χ0v) is 23.7. The van der Waals surface area contributed by atoms with E-state index in [9.17, 15) is 15.2 Å². The number of benzene rings is 3. The van der Waals surface area contributed by atoms with Crippen molar-refractivity contribution in [2.45, 2.75) is 32.1 Å². The highest BCUT2D eigenvalue weighted by atomic mass is 16.6. The molecule has 0 aliphatic carbocycles. The van der Waals surface area contributed by atoms with Crippen molar-refractivity contribution in [2.24, 2.45) is 12.0 Å². The highest BCUT2D eigenvalue weighted by Gasteiger charge is 2.21. The van der Waals surface area contributed by atoms with Crippen LogP contribution in [0.2, 0.25) is 0 Å². The van der Waals surface area contributed by atoms with Gasteiger partial charge in [-0.1, -0.05) is 30.7 Å². The fourth-order valence-corrected chi connectivity index (χ4v) is 5.76. The highest BCUT2D eigenvalue weighted by molar-refractivity contribution is 6.22. The van der Waals surface area contributed by atoms with Crippen molar-refractivity contribution in [3.05, 3.63) is 106 Å². The molecule has 3 heterocycles. The number of imidazole rings is 1. The van der Waals surface area contributed by atoms with Crippen LogP contribution in [-0.4, -0.2) is 54.8 Å². The maximum absolute atomic E-state index is 11.6. The number of aromatic nitrogens is 3. The molecular weight excluding hydrogens is 528 g/mol. The summed E-state index contributed by atoms with van der Waals surface area (Å²) >= 11 is 0. The molecule has 1 aliphatic heterocycles. The number of likely N-dealkylation sites (tertiary alicyclic amines) is 1. The first-order valence-corrected chi connectivity index (χ1v) is 14.4. The molecule has 6 rings (SSSR count). The average Bonchev–Trinajstić information content (AvgIpc) is 3.58. The molecule has 2 N–H and O–H groups in total. The Balaban J connectivity index is 1.35. The summed E-state index contributed by atoms with van der Waals surface area (Å²) in [5.41, 5.74) is 5.21. The third-order valence-electron chi connectivity index (χ3n) is 8.01. The Bertz CT molecular complexity index is 1730. The molecule has 214 valence electrons. The molecule has 3 aromatic carbocycles. The number of rotatable bonds is 9. The third kappa shape index (κ3) is 5.82. The number of aliphatic imine (C=N–C) groups is 1. The maximum atomic E-state index is 11.6. The summed E-state index contributed by atoms with van der Waals surface area (Å²) in [5, 5.41) is 23.1. The molecule has 0 saturated carbocycles. The first kappa shape index (κ1) is 27.4. The maximum Gasteiger partial charge on any atom is 0.270 e. The van der Waals surface area contributed by atoms with Crippen LogP contribution < -0.4 is 0 Å². The predicted octanol–water partition coefficient (Wildman–Crippen LogP) is 6.77. The number of hydrogen-bond acceptors (Lipinski definition) is 6. The lowest BCUT2D eigenvalue weighted by molar-refractivity contribution is -0.384. The molecular formula is C33H34N6O3. The van der Waals surface area contributed by atoms with E-state index < -0.39 is 4.92 Å². The van der Waals surface area contributed by atoms with Gasteiger partial charge < -0.3 is 19.6 Å². The van der Waals surface area contributed by atoms with Crippen LogP contribution in [0.5, 0.6) is 5.88 Å². The molecule has 0 amide bonds. The number of aromatic hydroxyl groups is 1. The quantitative estimate of drug-likeness (QED) is 0.117. The van der Waals surface area contributed by atoms with Crippen molar-refractivity contribution < 1.29 is 10.0 Å².